The summed E-state index contributed by atoms with van der Waals surface area (Å²) in [7, 11) is 3.93. The van der Waals surface area contributed by atoms with Gasteiger partial charge in [-0.1, -0.05) is 13.0 Å². The van der Waals surface area contributed by atoms with Crippen molar-refractivity contribution in [1.29, 1.82) is 0 Å². The lowest BCUT2D eigenvalue weighted by atomic mass is 9.95. The summed E-state index contributed by atoms with van der Waals surface area (Å²) in [5, 5.41) is 0. The Balaban J connectivity index is 2.36. The van der Waals surface area contributed by atoms with Crippen LogP contribution in [0.1, 0.15) is 24.0 Å². The molecular weight excluding hydrogens is 186 g/mol. The standard InChI is InChI=1S/C13H19NO/c1-10-9-14(2)7-6-11-4-5-12(15-3)8-13(10)11/h4-5,8,10H,6-7,9H2,1-3H3. The molecule has 0 radical (unpaired) electrons. The topological polar surface area (TPSA) is 12.5 Å². The van der Waals surface area contributed by atoms with E-state index in [1.54, 1.807) is 7.11 Å². The number of likely N-dealkylation sites (N-methyl/N-ethyl adjacent to an activating group) is 1. The SMILES string of the molecule is COc1ccc2c(c1)C(C)CN(C)CC2. The Bertz CT molecular complexity index is 348. The van der Waals surface area contributed by atoms with E-state index in [-0.39, 0.29) is 0 Å². The molecule has 2 nitrogen and oxygen atoms in total. The van der Waals surface area contributed by atoms with Crippen molar-refractivity contribution in [2.45, 2.75) is 19.3 Å². The van der Waals surface area contributed by atoms with Crippen LogP contribution in [0, 0.1) is 0 Å². The van der Waals surface area contributed by atoms with Gasteiger partial charge in [-0.05, 0) is 42.6 Å². The lowest BCUT2D eigenvalue weighted by Crippen LogP contribution is -2.22. The van der Waals surface area contributed by atoms with Gasteiger partial charge in [0.2, 0.25) is 0 Å². The number of benzene rings is 1. The molecule has 2 heteroatoms. The Morgan fingerprint density at radius 1 is 1.40 bits per heavy atom. The summed E-state index contributed by atoms with van der Waals surface area (Å²) >= 11 is 0. The quantitative estimate of drug-likeness (QED) is 0.697. The lowest BCUT2D eigenvalue weighted by molar-refractivity contribution is 0.332. The normalized spacial score (nSPS) is 21.9. The Hall–Kier alpha value is -1.02. The average Bonchev–Trinajstić information content (AvgIpc) is 2.38. The summed E-state index contributed by atoms with van der Waals surface area (Å²) in [4.78, 5) is 2.40. The molecule has 0 aromatic heterocycles. The third-order valence-corrected chi connectivity index (χ3v) is 3.23. The zero-order chi connectivity index (χ0) is 10.8. The molecule has 1 atom stereocenters. The number of ether oxygens (including phenoxy) is 1. The van der Waals surface area contributed by atoms with Gasteiger partial charge in [0.1, 0.15) is 5.75 Å². The van der Waals surface area contributed by atoms with E-state index in [0.717, 1.165) is 25.3 Å². The van der Waals surface area contributed by atoms with E-state index in [1.807, 2.05) is 0 Å². The van der Waals surface area contributed by atoms with E-state index in [0.29, 0.717) is 5.92 Å². The maximum atomic E-state index is 5.28. The van der Waals surface area contributed by atoms with E-state index in [2.05, 4.69) is 37.1 Å². The van der Waals surface area contributed by atoms with Crippen molar-refractivity contribution in [2.24, 2.45) is 0 Å². The molecule has 15 heavy (non-hydrogen) atoms. The second kappa shape index (κ2) is 4.23. The number of hydrogen-bond donors (Lipinski definition) is 0. The van der Waals surface area contributed by atoms with Crippen molar-refractivity contribution in [1.82, 2.24) is 4.90 Å². The molecule has 0 spiro atoms. The van der Waals surface area contributed by atoms with Gasteiger partial charge in [-0.25, -0.2) is 0 Å². The summed E-state index contributed by atoms with van der Waals surface area (Å²) in [6, 6.07) is 6.47. The average molecular weight is 205 g/mol. The van der Waals surface area contributed by atoms with E-state index >= 15 is 0 Å². The van der Waals surface area contributed by atoms with Gasteiger partial charge in [-0.2, -0.15) is 0 Å². The molecule has 0 aliphatic carbocycles. The summed E-state index contributed by atoms with van der Waals surface area (Å²) in [5.41, 5.74) is 2.94. The molecule has 0 N–H and O–H groups in total. The first kappa shape index (κ1) is 10.5. The maximum Gasteiger partial charge on any atom is 0.119 e. The van der Waals surface area contributed by atoms with Gasteiger partial charge in [-0.15, -0.1) is 0 Å². The van der Waals surface area contributed by atoms with Crippen LogP contribution in [0.4, 0.5) is 0 Å². The first-order chi connectivity index (χ1) is 7.20. The fourth-order valence-electron chi connectivity index (χ4n) is 2.35. The van der Waals surface area contributed by atoms with Crippen molar-refractivity contribution in [3.63, 3.8) is 0 Å². The van der Waals surface area contributed by atoms with Crippen LogP contribution in [0.2, 0.25) is 0 Å². The molecule has 1 aromatic carbocycles. The van der Waals surface area contributed by atoms with Crippen molar-refractivity contribution in [3.8, 4) is 5.75 Å². The van der Waals surface area contributed by atoms with Crippen molar-refractivity contribution in [3.05, 3.63) is 29.3 Å². The zero-order valence-corrected chi connectivity index (χ0v) is 9.79. The van der Waals surface area contributed by atoms with Gasteiger partial charge < -0.3 is 9.64 Å². The van der Waals surface area contributed by atoms with Crippen LogP contribution >= 0.6 is 0 Å². The molecule has 0 bridgehead atoms. The molecular formula is C13H19NO. The summed E-state index contributed by atoms with van der Waals surface area (Å²) in [5.74, 6) is 1.58. The number of nitrogens with zero attached hydrogens (tertiary/aromatic N) is 1. The van der Waals surface area contributed by atoms with E-state index in [1.165, 1.54) is 11.1 Å². The third-order valence-electron chi connectivity index (χ3n) is 3.23. The van der Waals surface area contributed by atoms with Gasteiger partial charge in [0.05, 0.1) is 7.11 Å². The molecule has 2 rings (SSSR count). The largest absolute Gasteiger partial charge is 0.497 e. The molecule has 82 valence electrons. The first-order valence-electron chi connectivity index (χ1n) is 5.56. The predicted molar refractivity (Wildman–Crippen MR) is 62.6 cm³/mol. The summed E-state index contributed by atoms with van der Waals surface area (Å²) < 4.78 is 5.28. The maximum absolute atomic E-state index is 5.28. The Morgan fingerprint density at radius 3 is 2.93 bits per heavy atom. The highest BCUT2D eigenvalue weighted by Crippen LogP contribution is 2.28. The molecule has 1 unspecified atom stereocenters. The third kappa shape index (κ3) is 2.15. The highest BCUT2D eigenvalue weighted by atomic mass is 16.5. The van der Waals surface area contributed by atoms with Crippen molar-refractivity contribution in [2.75, 3.05) is 27.2 Å². The number of fused-ring (bicyclic) bond motifs is 1. The van der Waals surface area contributed by atoms with Crippen molar-refractivity contribution >= 4 is 0 Å². The molecule has 1 aliphatic heterocycles. The summed E-state index contributed by atoms with van der Waals surface area (Å²) in [6.45, 7) is 4.59. The molecule has 0 fully saturated rings. The highest BCUT2D eigenvalue weighted by Gasteiger charge is 2.17. The zero-order valence-electron chi connectivity index (χ0n) is 9.79. The second-order valence-corrected chi connectivity index (χ2v) is 4.48. The van der Waals surface area contributed by atoms with Crippen LogP contribution in [0.25, 0.3) is 0 Å². The van der Waals surface area contributed by atoms with Gasteiger partial charge in [0.25, 0.3) is 0 Å². The fourth-order valence-corrected chi connectivity index (χ4v) is 2.35. The Labute approximate surface area is 91.9 Å². The predicted octanol–water partition coefficient (Wildman–Crippen LogP) is 2.29. The molecule has 0 amide bonds. The molecule has 1 heterocycles. The molecule has 0 saturated carbocycles. The highest BCUT2D eigenvalue weighted by molar-refractivity contribution is 5.38. The van der Waals surface area contributed by atoms with E-state index in [9.17, 15) is 0 Å². The molecule has 1 aliphatic rings. The summed E-state index contributed by atoms with van der Waals surface area (Å²) in [6.07, 6.45) is 1.15. The van der Waals surface area contributed by atoms with Crippen LogP contribution in [0.3, 0.4) is 0 Å². The molecule has 1 aromatic rings. The number of rotatable bonds is 1. The minimum atomic E-state index is 0.600. The minimum absolute atomic E-state index is 0.600. The fraction of sp³-hybridized carbons (Fsp3) is 0.538. The number of methoxy groups -OCH3 is 1. The van der Waals surface area contributed by atoms with E-state index < -0.39 is 0 Å². The van der Waals surface area contributed by atoms with Crippen LogP contribution in [-0.4, -0.2) is 32.1 Å². The lowest BCUT2D eigenvalue weighted by Gasteiger charge is -2.17. The number of hydrogen-bond acceptors (Lipinski definition) is 2. The Morgan fingerprint density at radius 2 is 2.20 bits per heavy atom. The van der Waals surface area contributed by atoms with Crippen molar-refractivity contribution < 1.29 is 4.74 Å². The molecule has 0 saturated heterocycles. The Kier molecular flexibility index (Phi) is 2.96. The van der Waals surface area contributed by atoms with Crippen LogP contribution in [0.5, 0.6) is 5.75 Å². The van der Waals surface area contributed by atoms with E-state index in [4.69, 9.17) is 4.74 Å². The smallest absolute Gasteiger partial charge is 0.119 e. The minimum Gasteiger partial charge on any atom is -0.497 e. The van der Waals surface area contributed by atoms with Crippen LogP contribution in [0.15, 0.2) is 18.2 Å². The van der Waals surface area contributed by atoms with Gasteiger partial charge >= 0.3 is 0 Å². The van der Waals surface area contributed by atoms with Crippen LogP contribution in [-0.2, 0) is 6.42 Å². The second-order valence-electron chi connectivity index (χ2n) is 4.48. The van der Waals surface area contributed by atoms with Gasteiger partial charge in [0, 0.05) is 13.1 Å². The first-order valence-corrected chi connectivity index (χ1v) is 5.56. The van der Waals surface area contributed by atoms with Gasteiger partial charge in [-0.3, -0.25) is 0 Å². The van der Waals surface area contributed by atoms with Crippen LogP contribution < -0.4 is 4.74 Å². The van der Waals surface area contributed by atoms with Gasteiger partial charge in [0.15, 0.2) is 0 Å². The monoisotopic (exact) mass is 205 g/mol.